The van der Waals surface area contributed by atoms with Gasteiger partial charge in [0.1, 0.15) is 0 Å². The second-order valence-electron chi connectivity index (χ2n) is 7.29. The van der Waals surface area contributed by atoms with Gasteiger partial charge in [-0.3, -0.25) is 9.44 Å². The number of anilines is 2. The Morgan fingerprint density at radius 1 is 0.700 bits per heavy atom. The first-order valence-electron chi connectivity index (χ1n) is 9.30. The summed E-state index contributed by atoms with van der Waals surface area (Å²) in [6.45, 7) is 5.70. The molecule has 0 saturated heterocycles. The van der Waals surface area contributed by atoms with Gasteiger partial charge >= 0.3 is 0 Å². The van der Waals surface area contributed by atoms with Crippen molar-refractivity contribution in [2.24, 2.45) is 0 Å². The summed E-state index contributed by atoms with van der Waals surface area (Å²) >= 11 is 0. The zero-order chi connectivity index (χ0) is 21.9. The highest BCUT2D eigenvalue weighted by atomic mass is 32.2. The van der Waals surface area contributed by atoms with Crippen molar-refractivity contribution < 1.29 is 16.8 Å². The Kier molecular flexibility index (Phi) is 6.19. The summed E-state index contributed by atoms with van der Waals surface area (Å²) in [5.74, 6) is -0.165. The van der Waals surface area contributed by atoms with E-state index in [4.69, 9.17) is 0 Å². The Morgan fingerprint density at radius 2 is 1.30 bits per heavy atom. The Balaban J connectivity index is 1.72. The first-order valence-corrected chi connectivity index (χ1v) is 12.4. The van der Waals surface area contributed by atoms with Crippen LogP contribution in [-0.4, -0.2) is 16.8 Å². The van der Waals surface area contributed by atoms with E-state index >= 15 is 0 Å². The van der Waals surface area contributed by atoms with E-state index < -0.39 is 20.0 Å². The summed E-state index contributed by atoms with van der Waals surface area (Å²) in [5, 5.41) is 0. The van der Waals surface area contributed by atoms with Gasteiger partial charge in [-0.25, -0.2) is 16.8 Å². The molecule has 0 fully saturated rings. The maximum absolute atomic E-state index is 12.7. The minimum Gasteiger partial charge on any atom is -0.283 e. The minimum atomic E-state index is -3.79. The number of rotatable bonds is 7. The predicted molar refractivity (Wildman–Crippen MR) is 121 cm³/mol. The van der Waals surface area contributed by atoms with Gasteiger partial charge < -0.3 is 0 Å². The average molecular weight is 445 g/mol. The molecule has 0 atom stereocenters. The van der Waals surface area contributed by atoms with E-state index in [0.717, 1.165) is 16.7 Å². The normalized spacial score (nSPS) is 11.8. The summed E-state index contributed by atoms with van der Waals surface area (Å²) in [5.41, 5.74) is 4.38. The van der Waals surface area contributed by atoms with E-state index in [-0.39, 0.29) is 10.6 Å². The monoisotopic (exact) mass is 444 g/mol. The third kappa shape index (κ3) is 5.61. The van der Waals surface area contributed by atoms with Crippen LogP contribution >= 0.6 is 0 Å². The van der Waals surface area contributed by atoms with E-state index in [0.29, 0.717) is 16.9 Å². The van der Waals surface area contributed by atoms with Crippen molar-refractivity contribution in [3.05, 3.63) is 89.0 Å². The quantitative estimate of drug-likeness (QED) is 0.566. The number of benzene rings is 3. The standard InChI is InChI=1S/C22H24N2O4S2/c1-16-4-7-19(8-5-16)15-29(25,26)23-20-9-11-21(12-10-20)30(27,28)24-22-13-6-17(2)14-18(22)3/h4-14,23-24H,15H2,1-3H3. The van der Waals surface area contributed by atoms with Gasteiger partial charge in [-0.1, -0.05) is 47.5 Å². The molecule has 158 valence electrons. The fourth-order valence-corrected chi connectivity index (χ4v) is 5.28. The minimum absolute atomic E-state index is 0.0453. The molecule has 0 radical (unpaired) electrons. The van der Waals surface area contributed by atoms with Crippen LogP contribution in [-0.2, 0) is 25.8 Å². The van der Waals surface area contributed by atoms with Crippen LogP contribution < -0.4 is 9.44 Å². The van der Waals surface area contributed by atoms with Crippen LogP contribution in [0.2, 0.25) is 0 Å². The van der Waals surface area contributed by atoms with Crippen molar-refractivity contribution >= 4 is 31.4 Å². The first-order chi connectivity index (χ1) is 14.0. The number of aryl methyl sites for hydroxylation is 3. The number of sulfonamides is 2. The van der Waals surface area contributed by atoms with Gasteiger partial charge in [-0.05, 0) is 62.2 Å². The van der Waals surface area contributed by atoms with Gasteiger partial charge in [0.05, 0.1) is 16.3 Å². The molecule has 0 heterocycles. The van der Waals surface area contributed by atoms with Crippen LogP contribution in [0.4, 0.5) is 11.4 Å². The van der Waals surface area contributed by atoms with Crippen LogP contribution in [0, 0.1) is 20.8 Å². The van der Waals surface area contributed by atoms with Gasteiger partial charge in [-0.15, -0.1) is 0 Å². The van der Waals surface area contributed by atoms with Crippen LogP contribution in [0.25, 0.3) is 0 Å². The Bertz CT molecular complexity index is 1250. The molecule has 0 unspecified atom stereocenters. The van der Waals surface area contributed by atoms with E-state index in [2.05, 4.69) is 9.44 Å². The summed E-state index contributed by atoms with van der Waals surface area (Å²) in [6, 6.07) is 18.3. The smallest absolute Gasteiger partial charge is 0.261 e. The molecule has 2 N–H and O–H groups in total. The summed E-state index contributed by atoms with van der Waals surface area (Å²) in [4.78, 5) is 0.0453. The number of nitrogens with one attached hydrogen (secondary N) is 2. The third-order valence-corrected chi connectivity index (χ3v) is 7.18. The highest BCUT2D eigenvalue weighted by Gasteiger charge is 2.17. The van der Waals surface area contributed by atoms with Gasteiger partial charge in [-0.2, -0.15) is 0 Å². The van der Waals surface area contributed by atoms with Gasteiger partial charge in [0, 0.05) is 5.69 Å². The SMILES string of the molecule is Cc1ccc(CS(=O)(=O)Nc2ccc(S(=O)(=O)Nc3ccc(C)cc3C)cc2)cc1. The van der Waals surface area contributed by atoms with E-state index in [1.807, 2.05) is 45.0 Å². The second-order valence-corrected chi connectivity index (χ2v) is 10.7. The maximum atomic E-state index is 12.7. The van der Waals surface area contributed by atoms with Gasteiger partial charge in [0.25, 0.3) is 10.0 Å². The average Bonchev–Trinajstić information content (AvgIpc) is 2.66. The molecule has 0 spiro atoms. The summed E-state index contributed by atoms with van der Waals surface area (Å²) < 4.78 is 55.2. The molecule has 30 heavy (non-hydrogen) atoms. The van der Waals surface area contributed by atoms with Gasteiger partial charge in [0.2, 0.25) is 10.0 Å². The lowest BCUT2D eigenvalue weighted by Gasteiger charge is -2.12. The molecule has 0 aliphatic carbocycles. The van der Waals surface area contributed by atoms with Crippen molar-refractivity contribution in [3.63, 3.8) is 0 Å². The van der Waals surface area contributed by atoms with E-state index in [9.17, 15) is 16.8 Å². The Labute approximate surface area is 178 Å². The third-order valence-electron chi connectivity index (χ3n) is 4.54. The molecule has 0 aliphatic heterocycles. The highest BCUT2D eigenvalue weighted by molar-refractivity contribution is 7.92. The van der Waals surface area contributed by atoms with Crippen LogP contribution in [0.5, 0.6) is 0 Å². The molecule has 0 amide bonds. The molecular formula is C22H24N2O4S2. The lowest BCUT2D eigenvalue weighted by molar-refractivity contribution is 0.599. The molecular weight excluding hydrogens is 420 g/mol. The molecule has 3 rings (SSSR count). The maximum Gasteiger partial charge on any atom is 0.261 e. The zero-order valence-electron chi connectivity index (χ0n) is 17.0. The fourth-order valence-electron chi connectivity index (χ4n) is 2.95. The molecule has 3 aromatic carbocycles. The lowest BCUT2D eigenvalue weighted by Crippen LogP contribution is -2.16. The van der Waals surface area contributed by atoms with Crippen LogP contribution in [0.15, 0.2) is 71.6 Å². The highest BCUT2D eigenvalue weighted by Crippen LogP contribution is 2.22. The molecule has 8 heteroatoms. The predicted octanol–water partition coefficient (Wildman–Crippen LogP) is 4.35. The molecule has 0 aromatic heterocycles. The lowest BCUT2D eigenvalue weighted by atomic mass is 10.1. The van der Waals surface area contributed by atoms with Crippen molar-refractivity contribution in [2.75, 3.05) is 9.44 Å². The van der Waals surface area contributed by atoms with Crippen molar-refractivity contribution in [1.82, 2.24) is 0 Å². The molecule has 0 aliphatic rings. The molecule has 3 aromatic rings. The van der Waals surface area contributed by atoms with Crippen molar-refractivity contribution in [1.29, 1.82) is 0 Å². The topological polar surface area (TPSA) is 92.3 Å². The van der Waals surface area contributed by atoms with E-state index in [1.165, 1.54) is 24.3 Å². The molecule has 0 bridgehead atoms. The van der Waals surface area contributed by atoms with E-state index in [1.54, 1.807) is 18.2 Å². The fraction of sp³-hybridized carbons (Fsp3) is 0.182. The number of hydrogen-bond acceptors (Lipinski definition) is 4. The van der Waals surface area contributed by atoms with Crippen molar-refractivity contribution in [3.8, 4) is 0 Å². The van der Waals surface area contributed by atoms with Crippen molar-refractivity contribution in [2.45, 2.75) is 31.4 Å². The Morgan fingerprint density at radius 3 is 1.90 bits per heavy atom. The first kappa shape index (κ1) is 21.9. The van der Waals surface area contributed by atoms with Crippen LogP contribution in [0.3, 0.4) is 0 Å². The second kappa shape index (κ2) is 8.49. The Hall–Kier alpha value is -2.84. The molecule has 0 saturated carbocycles. The largest absolute Gasteiger partial charge is 0.283 e. The zero-order valence-corrected chi connectivity index (χ0v) is 18.6. The van der Waals surface area contributed by atoms with Gasteiger partial charge in [0.15, 0.2) is 0 Å². The summed E-state index contributed by atoms with van der Waals surface area (Å²) in [6.07, 6.45) is 0. The van der Waals surface area contributed by atoms with Crippen LogP contribution in [0.1, 0.15) is 22.3 Å². The number of hydrogen-bond donors (Lipinski definition) is 2. The summed E-state index contributed by atoms with van der Waals surface area (Å²) in [7, 11) is -7.41. The molecule has 6 nitrogen and oxygen atoms in total.